The molecule has 1 heterocycles. The molecule has 0 bridgehead atoms. The second-order valence-electron chi connectivity index (χ2n) is 7.69. The molecule has 0 unspecified atom stereocenters. The number of hydrogen-bond donors (Lipinski definition) is 1. The van der Waals surface area contributed by atoms with E-state index in [2.05, 4.69) is 5.32 Å². The molecular weight excluding hydrogens is 455 g/mol. The minimum absolute atomic E-state index is 0.0513. The average molecular weight is 481 g/mol. The minimum Gasteiger partial charge on any atom is -0.351 e. The Labute approximate surface area is 202 Å². The van der Waals surface area contributed by atoms with E-state index < -0.39 is 0 Å². The van der Waals surface area contributed by atoms with Gasteiger partial charge in [-0.25, -0.2) is 4.39 Å². The molecule has 7 heteroatoms. The van der Waals surface area contributed by atoms with Gasteiger partial charge in [0.15, 0.2) is 0 Å². The zero-order chi connectivity index (χ0) is 23.0. The van der Waals surface area contributed by atoms with Crippen molar-refractivity contribution >= 4 is 35.3 Å². The smallest absolute Gasteiger partial charge is 0.251 e. The number of carbonyl (C=O) groups excluding carboxylic acids is 2. The third kappa shape index (κ3) is 6.18. The van der Waals surface area contributed by atoms with E-state index in [9.17, 15) is 14.0 Å². The van der Waals surface area contributed by atoms with Crippen molar-refractivity contribution in [2.24, 2.45) is 0 Å². The van der Waals surface area contributed by atoms with Crippen LogP contribution < -0.4 is 5.32 Å². The van der Waals surface area contributed by atoms with Gasteiger partial charge in [-0.1, -0.05) is 60.7 Å². The van der Waals surface area contributed by atoms with E-state index in [1.807, 2.05) is 53.4 Å². The lowest BCUT2D eigenvalue weighted by Crippen LogP contribution is -2.28. The lowest BCUT2D eigenvalue weighted by molar-refractivity contribution is -0.128. The highest BCUT2D eigenvalue weighted by atomic mass is 32.2. The fourth-order valence-corrected chi connectivity index (χ4v) is 5.65. The molecule has 4 nitrogen and oxygen atoms in total. The van der Waals surface area contributed by atoms with Gasteiger partial charge in [0.1, 0.15) is 11.2 Å². The predicted octanol–water partition coefficient (Wildman–Crippen LogP) is 5.26. The number of nitrogens with one attached hydrogen (secondary N) is 1. The molecule has 0 aliphatic carbocycles. The first kappa shape index (κ1) is 23.4. The molecule has 1 aliphatic rings. The maximum Gasteiger partial charge on any atom is 0.251 e. The van der Waals surface area contributed by atoms with E-state index in [-0.39, 0.29) is 23.0 Å². The molecule has 1 N–H and O–H groups in total. The fourth-order valence-electron chi connectivity index (χ4n) is 3.62. The van der Waals surface area contributed by atoms with Crippen molar-refractivity contribution in [2.75, 3.05) is 18.1 Å². The van der Waals surface area contributed by atoms with Crippen molar-refractivity contribution in [1.82, 2.24) is 10.2 Å². The quantitative estimate of drug-likeness (QED) is 0.424. The van der Waals surface area contributed by atoms with Crippen LogP contribution >= 0.6 is 23.5 Å². The summed E-state index contributed by atoms with van der Waals surface area (Å²) in [5.41, 5.74) is 3.37. The highest BCUT2D eigenvalue weighted by Crippen LogP contribution is 2.39. The van der Waals surface area contributed by atoms with Crippen molar-refractivity contribution < 1.29 is 14.0 Å². The molecule has 1 saturated heterocycles. The molecule has 170 valence electrons. The maximum atomic E-state index is 13.6. The molecule has 2 amide bonds. The number of thioether (sulfide) groups is 2. The van der Waals surface area contributed by atoms with Crippen LogP contribution in [0.25, 0.3) is 0 Å². The van der Waals surface area contributed by atoms with Gasteiger partial charge in [-0.2, -0.15) is 11.8 Å². The molecule has 33 heavy (non-hydrogen) atoms. The summed E-state index contributed by atoms with van der Waals surface area (Å²) in [5, 5.41) is 2.86. The van der Waals surface area contributed by atoms with Crippen molar-refractivity contribution in [2.45, 2.75) is 17.7 Å². The Morgan fingerprint density at radius 3 is 2.52 bits per heavy atom. The summed E-state index contributed by atoms with van der Waals surface area (Å²) in [5.74, 6) is 1.54. The standard InChI is InChI=1S/C26H25FN2O2S2/c27-23-9-5-4-8-22(23)17-32-15-14-28-25(31)20-10-12-21(13-11-20)26-29(24(30)18-33-26)16-19-6-2-1-3-7-19/h1-13,26H,14-18H2,(H,28,31)/t26-/m0/s1. The van der Waals surface area contributed by atoms with Gasteiger partial charge < -0.3 is 10.2 Å². The van der Waals surface area contributed by atoms with Crippen LogP contribution in [0.15, 0.2) is 78.9 Å². The van der Waals surface area contributed by atoms with E-state index in [0.717, 1.165) is 11.1 Å². The molecule has 0 radical (unpaired) electrons. The Balaban J connectivity index is 1.28. The van der Waals surface area contributed by atoms with E-state index >= 15 is 0 Å². The van der Waals surface area contributed by atoms with Gasteiger partial charge in [-0.3, -0.25) is 9.59 Å². The Hall–Kier alpha value is -2.77. The van der Waals surface area contributed by atoms with Crippen LogP contribution in [0.2, 0.25) is 0 Å². The fraction of sp³-hybridized carbons (Fsp3) is 0.231. The van der Waals surface area contributed by atoms with Gasteiger partial charge in [0, 0.05) is 30.2 Å². The lowest BCUT2D eigenvalue weighted by atomic mass is 10.1. The molecule has 1 atom stereocenters. The Morgan fingerprint density at radius 1 is 1.03 bits per heavy atom. The maximum absolute atomic E-state index is 13.6. The van der Waals surface area contributed by atoms with Gasteiger partial charge in [-0.05, 0) is 34.9 Å². The van der Waals surface area contributed by atoms with Gasteiger partial charge in [0.2, 0.25) is 5.91 Å². The summed E-state index contributed by atoms with van der Waals surface area (Å²) in [6.45, 7) is 1.08. The van der Waals surface area contributed by atoms with Crippen molar-refractivity contribution in [1.29, 1.82) is 0 Å². The van der Waals surface area contributed by atoms with Gasteiger partial charge >= 0.3 is 0 Å². The van der Waals surface area contributed by atoms with Crippen LogP contribution in [0.5, 0.6) is 0 Å². The average Bonchev–Trinajstić information content (AvgIpc) is 3.20. The summed E-state index contributed by atoms with van der Waals surface area (Å²) in [6, 6.07) is 24.2. The highest BCUT2D eigenvalue weighted by Gasteiger charge is 2.32. The molecule has 0 spiro atoms. The summed E-state index contributed by atoms with van der Waals surface area (Å²) >= 11 is 3.19. The molecule has 3 aromatic carbocycles. The third-order valence-electron chi connectivity index (χ3n) is 5.37. The van der Waals surface area contributed by atoms with Crippen molar-refractivity contribution in [3.63, 3.8) is 0 Å². The topological polar surface area (TPSA) is 49.4 Å². The van der Waals surface area contributed by atoms with E-state index in [0.29, 0.717) is 41.5 Å². The third-order valence-corrected chi connectivity index (χ3v) is 7.63. The Kier molecular flexibility index (Phi) is 8.07. The summed E-state index contributed by atoms with van der Waals surface area (Å²) in [6.07, 6.45) is 0. The molecule has 1 aliphatic heterocycles. The number of carbonyl (C=O) groups is 2. The first-order chi connectivity index (χ1) is 16.1. The summed E-state index contributed by atoms with van der Waals surface area (Å²) in [4.78, 5) is 26.8. The molecule has 0 saturated carbocycles. The van der Waals surface area contributed by atoms with Gasteiger partial charge in [0.05, 0.1) is 5.75 Å². The number of rotatable bonds is 9. The van der Waals surface area contributed by atoms with Gasteiger partial charge in [0.25, 0.3) is 5.91 Å². The summed E-state index contributed by atoms with van der Waals surface area (Å²) in [7, 11) is 0. The molecule has 1 fully saturated rings. The van der Waals surface area contributed by atoms with E-state index in [4.69, 9.17) is 0 Å². The lowest BCUT2D eigenvalue weighted by Gasteiger charge is -2.24. The molecule has 3 aromatic rings. The normalized spacial score (nSPS) is 15.6. The first-order valence-corrected chi connectivity index (χ1v) is 13.0. The van der Waals surface area contributed by atoms with Gasteiger partial charge in [-0.15, -0.1) is 11.8 Å². The summed E-state index contributed by atoms with van der Waals surface area (Å²) < 4.78 is 13.6. The number of benzene rings is 3. The monoisotopic (exact) mass is 480 g/mol. The zero-order valence-electron chi connectivity index (χ0n) is 18.1. The van der Waals surface area contributed by atoms with Crippen molar-refractivity contribution in [3.8, 4) is 0 Å². The SMILES string of the molecule is O=C(NCCSCc1ccccc1F)c1ccc([C@@H]2SCC(=O)N2Cc2ccccc2)cc1. The predicted molar refractivity (Wildman–Crippen MR) is 134 cm³/mol. The molecular formula is C26H25FN2O2S2. The van der Waals surface area contributed by atoms with Crippen LogP contribution in [-0.4, -0.2) is 34.8 Å². The molecule has 4 rings (SSSR count). The largest absolute Gasteiger partial charge is 0.351 e. The van der Waals surface area contributed by atoms with E-state index in [1.54, 1.807) is 47.8 Å². The number of nitrogens with zero attached hydrogens (tertiary/aromatic N) is 1. The van der Waals surface area contributed by atoms with Crippen LogP contribution in [0.4, 0.5) is 4.39 Å². The van der Waals surface area contributed by atoms with Crippen LogP contribution in [0, 0.1) is 5.82 Å². The van der Waals surface area contributed by atoms with E-state index in [1.165, 1.54) is 6.07 Å². The molecule has 0 aromatic heterocycles. The second kappa shape index (κ2) is 11.4. The highest BCUT2D eigenvalue weighted by molar-refractivity contribution is 8.00. The Morgan fingerprint density at radius 2 is 1.76 bits per heavy atom. The number of hydrogen-bond acceptors (Lipinski definition) is 4. The Bertz CT molecular complexity index is 1090. The van der Waals surface area contributed by atoms with Crippen LogP contribution in [-0.2, 0) is 17.1 Å². The second-order valence-corrected chi connectivity index (χ2v) is 9.87. The first-order valence-electron chi connectivity index (χ1n) is 10.8. The van der Waals surface area contributed by atoms with Crippen LogP contribution in [0.1, 0.15) is 32.4 Å². The number of amides is 2. The minimum atomic E-state index is -0.196. The number of halogens is 1. The van der Waals surface area contributed by atoms with Crippen molar-refractivity contribution in [3.05, 3.63) is 107 Å². The van der Waals surface area contributed by atoms with Crippen LogP contribution in [0.3, 0.4) is 0 Å². The zero-order valence-corrected chi connectivity index (χ0v) is 19.7.